The molecule has 18 heavy (non-hydrogen) atoms. The number of carbonyl (C=O) groups excluding carboxylic acids is 1. The summed E-state index contributed by atoms with van der Waals surface area (Å²) in [7, 11) is 0. The normalized spacial score (nSPS) is 10.6. The monoisotopic (exact) mass is 259 g/mol. The maximum Gasteiger partial charge on any atom is 0.325 e. The van der Waals surface area contributed by atoms with Crippen molar-refractivity contribution >= 4 is 11.9 Å². The third-order valence-electron chi connectivity index (χ3n) is 2.71. The Balaban J connectivity index is 3.37. The van der Waals surface area contributed by atoms with Gasteiger partial charge in [0.15, 0.2) is 0 Å². The molecular weight excluding hydrogens is 234 g/mol. The van der Waals surface area contributed by atoms with Crippen molar-refractivity contribution in [1.29, 1.82) is 0 Å². The van der Waals surface area contributed by atoms with Gasteiger partial charge < -0.3 is 9.94 Å². The Kier molecular flexibility index (Phi) is 10.3. The number of carboxylic acids is 1. The first kappa shape index (κ1) is 16.9. The Morgan fingerprint density at radius 3 is 1.94 bits per heavy atom. The van der Waals surface area contributed by atoms with Crippen molar-refractivity contribution in [2.24, 2.45) is 0 Å². The molecule has 0 fully saturated rings. The van der Waals surface area contributed by atoms with Gasteiger partial charge in [-0.15, -0.1) is 5.06 Å². The van der Waals surface area contributed by atoms with Crippen LogP contribution in [-0.2, 0) is 14.4 Å². The standard InChI is InChI=1S/C13H25NO4/c1-3-14(4-2)18-13(17)11-9-7-5-6-8-10-12(15)16/h3-11H2,1-2H3,(H,15,16). The summed E-state index contributed by atoms with van der Waals surface area (Å²) in [5.74, 6) is -0.915. The molecule has 0 spiro atoms. The van der Waals surface area contributed by atoms with E-state index >= 15 is 0 Å². The molecule has 5 heteroatoms. The van der Waals surface area contributed by atoms with Gasteiger partial charge in [0.2, 0.25) is 0 Å². The average Bonchev–Trinajstić information content (AvgIpc) is 2.34. The minimum Gasteiger partial charge on any atom is -0.481 e. The molecule has 0 aliphatic carbocycles. The molecule has 0 aliphatic rings. The maximum atomic E-state index is 11.4. The quantitative estimate of drug-likeness (QED) is 0.456. The Hall–Kier alpha value is -1.10. The number of hydroxylamine groups is 2. The molecule has 1 N–H and O–H groups in total. The van der Waals surface area contributed by atoms with E-state index in [9.17, 15) is 9.59 Å². The fourth-order valence-corrected chi connectivity index (χ4v) is 1.62. The first-order valence-electron chi connectivity index (χ1n) is 6.77. The summed E-state index contributed by atoms with van der Waals surface area (Å²) in [5, 5.41) is 10.1. The van der Waals surface area contributed by atoms with E-state index in [0.29, 0.717) is 19.5 Å². The van der Waals surface area contributed by atoms with E-state index in [1.54, 1.807) is 5.06 Å². The summed E-state index contributed by atoms with van der Waals surface area (Å²) in [5.41, 5.74) is 0. The summed E-state index contributed by atoms with van der Waals surface area (Å²) in [4.78, 5) is 26.8. The number of nitrogens with zero attached hydrogens (tertiary/aromatic N) is 1. The van der Waals surface area contributed by atoms with Crippen LogP contribution in [0.5, 0.6) is 0 Å². The Labute approximate surface area is 109 Å². The van der Waals surface area contributed by atoms with Crippen molar-refractivity contribution in [2.75, 3.05) is 13.1 Å². The van der Waals surface area contributed by atoms with Crippen LogP contribution < -0.4 is 0 Å². The van der Waals surface area contributed by atoms with Crippen LogP contribution in [0.25, 0.3) is 0 Å². The molecule has 0 rings (SSSR count). The fourth-order valence-electron chi connectivity index (χ4n) is 1.62. The summed E-state index contributed by atoms with van der Waals surface area (Å²) in [6.07, 6.45) is 5.06. The van der Waals surface area contributed by atoms with Gasteiger partial charge in [0, 0.05) is 25.9 Å². The molecule has 0 unspecified atom stereocenters. The summed E-state index contributed by atoms with van der Waals surface area (Å²) < 4.78 is 0. The summed E-state index contributed by atoms with van der Waals surface area (Å²) >= 11 is 0. The number of hydrogen-bond acceptors (Lipinski definition) is 4. The zero-order valence-electron chi connectivity index (χ0n) is 11.5. The largest absolute Gasteiger partial charge is 0.481 e. The van der Waals surface area contributed by atoms with Crippen molar-refractivity contribution in [3.8, 4) is 0 Å². The van der Waals surface area contributed by atoms with Gasteiger partial charge in [-0.3, -0.25) is 9.59 Å². The SMILES string of the molecule is CCN(CC)OC(=O)CCCCCCCC(=O)O. The smallest absolute Gasteiger partial charge is 0.325 e. The number of carboxylic acid groups (broad SMARTS) is 1. The molecule has 5 nitrogen and oxygen atoms in total. The molecule has 0 bridgehead atoms. The molecule has 0 saturated heterocycles. The van der Waals surface area contributed by atoms with Gasteiger partial charge in [0.05, 0.1) is 0 Å². The van der Waals surface area contributed by atoms with Crippen molar-refractivity contribution < 1.29 is 19.5 Å². The maximum absolute atomic E-state index is 11.4. The predicted molar refractivity (Wildman–Crippen MR) is 69.0 cm³/mol. The molecule has 0 saturated carbocycles. The topological polar surface area (TPSA) is 66.8 Å². The lowest BCUT2D eigenvalue weighted by Gasteiger charge is -2.16. The highest BCUT2D eigenvalue weighted by atomic mass is 16.7. The van der Waals surface area contributed by atoms with Gasteiger partial charge >= 0.3 is 11.9 Å². The van der Waals surface area contributed by atoms with Crippen LogP contribution in [0.3, 0.4) is 0 Å². The molecule has 0 atom stereocenters. The zero-order chi connectivity index (χ0) is 13.8. The van der Waals surface area contributed by atoms with Gasteiger partial charge in [-0.1, -0.05) is 19.3 Å². The predicted octanol–water partition coefficient (Wildman–Crippen LogP) is 2.60. The second-order valence-corrected chi connectivity index (χ2v) is 4.24. The lowest BCUT2D eigenvalue weighted by Crippen LogP contribution is -2.26. The minimum absolute atomic E-state index is 0.177. The number of carbonyl (C=O) groups is 2. The first-order chi connectivity index (χ1) is 8.60. The van der Waals surface area contributed by atoms with Crippen LogP contribution in [-0.4, -0.2) is 35.2 Å². The molecule has 106 valence electrons. The van der Waals surface area contributed by atoms with E-state index in [0.717, 1.165) is 32.1 Å². The molecule has 0 heterocycles. The van der Waals surface area contributed by atoms with Crippen LogP contribution in [0.2, 0.25) is 0 Å². The molecule has 0 aromatic heterocycles. The van der Waals surface area contributed by atoms with Crippen molar-refractivity contribution in [2.45, 2.75) is 58.8 Å². The molecule has 0 aliphatic heterocycles. The van der Waals surface area contributed by atoms with Crippen molar-refractivity contribution in [1.82, 2.24) is 5.06 Å². The van der Waals surface area contributed by atoms with E-state index in [4.69, 9.17) is 9.94 Å². The van der Waals surface area contributed by atoms with Crippen LogP contribution in [0.1, 0.15) is 58.8 Å². The van der Waals surface area contributed by atoms with Crippen LogP contribution >= 0.6 is 0 Å². The fraction of sp³-hybridized carbons (Fsp3) is 0.846. The van der Waals surface area contributed by atoms with Gasteiger partial charge in [0.1, 0.15) is 0 Å². The second kappa shape index (κ2) is 11.0. The van der Waals surface area contributed by atoms with E-state index in [1.165, 1.54) is 0 Å². The number of rotatable bonds is 11. The van der Waals surface area contributed by atoms with E-state index < -0.39 is 5.97 Å². The van der Waals surface area contributed by atoms with Gasteiger partial charge in [0.25, 0.3) is 0 Å². The highest BCUT2D eigenvalue weighted by Crippen LogP contribution is 2.08. The molecule has 0 aromatic carbocycles. The molecule has 0 radical (unpaired) electrons. The van der Waals surface area contributed by atoms with E-state index in [2.05, 4.69) is 0 Å². The summed E-state index contributed by atoms with van der Waals surface area (Å²) in [6, 6.07) is 0. The van der Waals surface area contributed by atoms with E-state index in [1.807, 2.05) is 13.8 Å². The van der Waals surface area contributed by atoms with Crippen molar-refractivity contribution in [3.05, 3.63) is 0 Å². The van der Waals surface area contributed by atoms with E-state index in [-0.39, 0.29) is 12.4 Å². The Bertz CT molecular complexity index is 239. The minimum atomic E-state index is -0.738. The average molecular weight is 259 g/mol. The molecule has 0 aromatic rings. The van der Waals surface area contributed by atoms with Crippen LogP contribution in [0.15, 0.2) is 0 Å². The van der Waals surface area contributed by atoms with Gasteiger partial charge in [-0.25, -0.2) is 0 Å². The number of unbranched alkanes of at least 4 members (excludes halogenated alkanes) is 4. The Morgan fingerprint density at radius 1 is 0.944 bits per heavy atom. The number of aliphatic carboxylic acids is 1. The molecular formula is C13H25NO4. The lowest BCUT2D eigenvalue weighted by atomic mass is 10.1. The molecule has 0 amide bonds. The number of hydrogen-bond donors (Lipinski definition) is 1. The second-order valence-electron chi connectivity index (χ2n) is 4.24. The van der Waals surface area contributed by atoms with Gasteiger partial charge in [-0.05, 0) is 26.7 Å². The highest BCUT2D eigenvalue weighted by molar-refractivity contribution is 5.68. The van der Waals surface area contributed by atoms with Gasteiger partial charge in [-0.2, -0.15) is 0 Å². The zero-order valence-corrected chi connectivity index (χ0v) is 11.5. The highest BCUT2D eigenvalue weighted by Gasteiger charge is 2.07. The van der Waals surface area contributed by atoms with Crippen molar-refractivity contribution in [3.63, 3.8) is 0 Å². The first-order valence-corrected chi connectivity index (χ1v) is 6.77. The third-order valence-corrected chi connectivity index (χ3v) is 2.71. The third kappa shape index (κ3) is 10.1. The Morgan fingerprint density at radius 2 is 1.44 bits per heavy atom. The lowest BCUT2D eigenvalue weighted by molar-refractivity contribution is -0.188. The van der Waals surface area contributed by atoms with Crippen LogP contribution in [0, 0.1) is 0 Å². The van der Waals surface area contributed by atoms with Crippen LogP contribution in [0.4, 0.5) is 0 Å². The summed E-state index contributed by atoms with van der Waals surface area (Å²) in [6.45, 7) is 5.30.